The minimum Gasteiger partial charge on any atom is -0.489 e. The Labute approximate surface area is 191 Å². The number of benzene rings is 3. The van der Waals surface area contributed by atoms with E-state index in [1.807, 2.05) is 49.4 Å². The number of carbonyl (C=O) groups is 3. The lowest BCUT2D eigenvalue weighted by molar-refractivity contribution is -0.132. The first kappa shape index (κ1) is 21.0. The van der Waals surface area contributed by atoms with Gasteiger partial charge in [-0.05, 0) is 47.4 Å². The van der Waals surface area contributed by atoms with E-state index >= 15 is 0 Å². The van der Waals surface area contributed by atoms with E-state index in [1.54, 1.807) is 4.90 Å². The zero-order chi connectivity index (χ0) is 23.0. The van der Waals surface area contributed by atoms with Gasteiger partial charge in [0.15, 0.2) is 0 Å². The van der Waals surface area contributed by atoms with Gasteiger partial charge in [-0.1, -0.05) is 54.6 Å². The van der Waals surface area contributed by atoms with Crippen LogP contribution in [0.25, 0.3) is 10.8 Å². The highest BCUT2D eigenvalue weighted by Crippen LogP contribution is 2.36. The van der Waals surface area contributed by atoms with E-state index in [0.717, 1.165) is 16.9 Å². The summed E-state index contributed by atoms with van der Waals surface area (Å²) >= 11 is 0. The summed E-state index contributed by atoms with van der Waals surface area (Å²) < 4.78 is 6.03. The standard InChI is InChI=1S/C26H25N3O4/c1-26(13-14-29(24(26)31)15-22-23(30)28-25(32)27-22)19-9-11-20(12-10-19)33-16-18-7-4-6-17-5-2-3-8-21(17)18/h2-12,22H,13-16H2,1H3,(H2,27,28,30,32). The van der Waals surface area contributed by atoms with E-state index in [4.69, 9.17) is 4.74 Å². The Morgan fingerprint density at radius 2 is 1.76 bits per heavy atom. The van der Waals surface area contributed by atoms with E-state index in [0.29, 0.717) is 19.6 Å². The summed E-state index contributed by atoms with van der Waals surface area (Å²) in [7, 11) is 0. The molecular weight excluding hydrogens is 418 g/mol. The van der Waals surface area contributed by atoms with Crippen molar-refractivity contribution in [2.45, 2.75) is 31.4 Å². The Kier molecular flexibility index (Phi) is 5.24. The number of likely N-dealkylation sites (tertiary alicyclic amines) is 1. The number of nitrogens with one attached hydrogen (secondary N) is 2. The molecule has 2 saturated heterocycles. The molecule has 7 nitrogen and oxygen atoms in total. The van der Waals surface area contributed by atoms with Crippen LogP contribution in [0.2, 0.25) is 0 Å². The third-order valence-corrected chi connectivity index (χ3v) is 6.67. The molecule has 4 amide bonds. The molecule has 7 heteroatoms. The van der Waals surface area contributed by atoms with Crippen LogP contribution in [0.5, 0.6) is 5.75 Å². The lowest BCUT2D eigenvalue weighted by Gasteiger charge is -2.25. The van der Waals surface area contributed by atoms with Crippen molar-refractivity contribution in [3.8, 4) is 5.75 Å². The van der Waals surface area contributed by atoms with Crippen molar-refractivity contribution in [3.63, 3.8) is 0 Å². The van der Waals surface area contributed by atoms with E-state index in [9.17, 15) is 14.4 Å². The highest BCUT2D eigenvalue weighted by atomic mass is 16.5. The molecule has 2 atom stereocenters. The van der Waals surface area contributed by atoms with Gasteiger partial charge in [0.25, 0.3) is 5.91 Å². The number of imide groups is 1. The van der Waals surface area contributed by atoms with Crippen LogP contribution in [0.4, 0.5) is 4.79 Å². The number of hydrogen-bond donors (Lipinski definition) is 2. The molecule has 0 aromatic heterocycles. The van der Waals surface area contributed by atoms with Crippen molar-refractivity contribution in [1.29, 1.82) is 0 Å². The Bertz CT molecular complexity index is 1230. The second-order valence-corrected chi connectivity index (χ2v) is 8.80. The van der Waals surface area contributed by atoms with E-state index < -0.39 is 23.4 Å². The predicted octanol–water partition coefficient (Wildman–Crippen LogP) is 3.12. The minimum atomic E-state index is -0.700. The van der Waals surface area contributed by atoms with Crippen LogP contribution in [0, 0.1) is 0 Å². The maximum absolute atomic E-state index is 13.2. The fraction of sp³-hybridized carbons (Fsp3) is 0.269. The molecule has 0 aliphatic carbocycles. The minimum absolute atomic E-state index is 0.0409. The van der Waals surface area contributed by atoms with Gasteiger partial charge in [0.1, 0.15) is 18.4 Å². The van der Waals surface area contributed by atoms with Crippen molar-refractivity contribution in [2.75, 3.05) is 13.1 Å². The molecule has 2 N–H and O–H groups in total. The summed E-state index contributed by atoms with van der Waals surface area (Å²) in [6.07, 6.45) is 0.643. The third-order valence-electron chi connectivity index (χ3n) is 6.67. The molecule has 2 unspecified atom stereocenters. The van der Waals surface area contributed by atoms with Gasteiger partial charge in [-0.3, -0.25) is 14.9 Å². The van der Waals surface area contributed by atoms with Gasteiger partial charge in [0.05, 0.1) is 5.41 Å². The lowest BCUT2D eigenvalue weighted by Crippen LogP contribution is -2.45. The van der Waals surface area contributed by atoms with Crippen molar-refractivity contribution in [2.24, 2.45) is 0 Å². The molecule has 0 bridgehead atoms. The SMILES string of the molecule is CC1(c2ccc(OCc3cccc4ccccc34)cc2)CCN(CC2NC(=O)NC2=O)C1=O. The smallest absolute Gasteiger partial charge is 0.322 e. The second-order valence-electron chi connectivity index (χ2n) is 8.80. The van der Waals surface area contributed by atoms with Gasteiger partial charge in [-0.15, -0.1) is 0 Å². The van der Waals surface area contributed by atoms with Crippen molar-refractivity contribution < 1.29 is 19.1 Å². The van der Waals surface area contributed by atoms with Gasteiger partial charge in [0.2, 0.25) is 5.91 Å². The normalized spacial score (nSPS) is 22.5. The Balaban J connectivity index is 1.25. The van der Waals surface area contributed by atoms with Crippen molar-refractivity contribution in [3.05, 3.63) is 77.9 Å². The van der Waals surface area contributed by atoms with E-state index in [1.165, 1.54) is 10.8 Å². The summed E-state index contributed by atoms with van der Waals surface area (Å²) in [4.78, 5) is 38.0. The topological polar surface area (TPSA) is 87.7 Å². The highest BCUT2D eigenvalue weighted by molar-refractivity contribution is 6.04. The quantitative estimate of drug-likeness (QED) is 0.573. The fourth-order valence-corrected chi connectivity index (χ4v) is 4.66. The Hall–Kier alpha value is -3.87. The molecule has 0 saturated carbocycles. The monoisotopic (exact) mass is 443 g/mol. The average molecular weight is 444 g/mol. The first-order valence-electron chi connectivity index (χ1n) is 11.0. The van der Waals surface area contributed by atoms with Crippen LogP contribution in [0.3, 0.4) is 0 Å². The second kappa shape index (κ2) is 8.24. The zero-order valence-corrected chi connectivity index (χ0v) is 18.3. The molecule has 2 aliphatic heterocycles. The van der Waals surface area contributed by atoms with Crippen LogP contribution >= 0.6 is 0 Å². The van der Waals surface area contributed by atoms with Gasteiger partial charge < -0.3 is 15.0 Å². The number of carbonyl (C=O) groups excluding carboxylic acids is 3. The molecule has 2 heterocycles. The molecule has 2 aliphatic rings. The summed E-state index contributed by atoms with van der Waals surface area (Å²) in [5.74, 6) is 0.304. The molecule has 3 aromatic rings. The number of urea groups is 1. The summed E-state index contributed by atoms with van der Waals surface area (Å²) in [5, 5.41) is 7.12. The van der Waals surface area contributed by atoms with Crippen LogP contribution in [-0.2, 0) is 21.6 Å². The number of fused-ring (bicyclic) bond motifs is 1. The Morgan fingerprint density at radius 1 is 1.00 bits per heavy atom. The molecule has 33 heavy (non-hydrogen) atoms. The van der Waals surface area contributed by atoms with Gasteiger partial charge in [0, 0.05) is 13.1 Å². The van der Waals surface area contributed by atoms with Crippen LogP contribution in [0.1, 0.15) is 24.5 Å². The van der Waals surface area contributed by atoms with Gasteiger partial charge >= 0.3 is 6.03 Å². The molecule has 2 fully saturated rings. The van der Waals surface area contributed by atoms with Gasteiger partial charge in [-0.2, -0.15) is 0 Å². The maximum Gasteiger partial charge on any atom is 0.322 e. The lowest BCUT2D eigenvalue weighted by atomic mass is 9.81. The fourth-order valence-electron chi connectivity index (χ4n) is 4.66. The first-order chi connectivity index (χ1) is 15.9. The summed E-state index contributed by atoms with van der Waals surface area (Å²) in [6, 6.07) is 20.9. The first-order valence-corrected chi connectivity index (χ1v) is 11.0. The number of hydrogen-bond acceptors (Lipinski definition) is 4. The maximum atomic E-state index is 13.2. The Morgan fingerprint density at radius 3 is 2.52 bits per heavy atom. The largest absolute Gasteiger partial charge is 0.489 e. The number of nitrogens with zero attached hydrogens (tertiary/aromatic N) is 1. The molecular formula is C26H25N3O4. The molecule has 3 aromatic carbocycles. The van der Waals surface area contributed by atoms with Crippen LogP contribution < -0.4 is 15.4 Å². The van der Waals surface area contributed by atoms with E-state index in [-0.39, 0.29) is 12.5 Å². The summed E-state index contributed by atoms with van der Waals surface area (Å²) in [6.45, 7) is 3.10. The molecule has 5 rings (SSSR count). The van der Waals surface area contributed by atoms with Crippen molar-refractivity contribution >= 4 is 28.6 Å². The molecule has 0 radical (unpaired) electrons. The number of rotatable bonds is 6. The summed E-state index contributed by atoms with van der Waals surface area (Å²) in [5.41, 5.74) is 1.36. The van der Waals surface area contributed by atoms with E-state index in [2.05, 4.69) is 34.9 Å². The molecule has 168 valence electrons. The van der Waals surface area contributed by atoms with Crippen LogP contribution in [-0.4, -0.2) is 41.9 Å². The van der Waals surface area contributed by atoms with Crippen LogP contribution in [0.15, 0.2) is 66.7 Å². The third kappa shape index (κ3) is 3.91. The highest BCUT2D eigenvalue weighted by Gasteiger charge is 2.45. The molecule has 0 spiro atoms. The number of amides is 4. The van der Waals surface area contributed by atoms with Crippen molar-refractivity contribution in [1.82, 2.24) is 15.5 Å². The number of ether oxygens (including phenoxy) is 1. The predicted molar refractivity (Wildman–Crippen MR) is 124 cm³/mol. The zero-order valence-electron chi connectivity index (χ0n) is 18.3. The van der Waals surface area contributed by atoms with Gasteiger partial charge in [-0.25, -0.2) is 4.79 Å². The average Bonchev–Trinajstić information content (AvgIpc) is 3.30.